The summed E-state index contributed by atoms with van der Waals surface area (Å²) in [7, 11) is 1.71. The number of benzene rings is 1. The molecule has 5 nitrogen and oxygen atoms in total. The van der Waals surface area contributed by atoms with E-state index in [-0.39, 0.29) is 11.1 Å². The molecule has 118 valence electrons. The average molecular weight is 300 g/mol. The summed E-state index contributed by atoms with van der Waals surface area (Å²) in [4.78, 5) is 14.2. The van der Waals surface area contributed by atoms with Crippen LogP contribution in [0.15, 0.2) is 29.1 Å². The van der Waals surface area contributed by atoms with Crippen molar-refractivity contribution in [2.24, 2.45) is 7.05 Å². The van der Waals surface area contributed by atoms with Crippen molar-refractivity contribution in [1.82, 2.24) is 19.2 Å². The third-order valence-electron chi connectivity index (χ3n) is 4.32. The lowest BCUT2D eigenvalue weighted by atomic mass is 9.87. The first-order valence-electron chi connectivity index (χ1n) is 7.79. The average Bonchev–Trinajstić information content (AvgIpc) is 2.73. The fourth-order valence-corrected chi connectivity index (χ4v) is 2.92. The number of hydrogen-bond acceptors (Lipinski definition) is 3. The van der Waals surface area contributed by atoms with Gasteiger partial charge in [0.25, 0.3) is 0 Å². The van der Waals surface area contributed by atoms with Gasteiger partial charge in [-0.05, 0) is 16.5 Å². The molecule has 3 rings (SSSR count). The summed E-state index contributed by atoms with van der Waals surface area (Å²) in [5.74, 6) is 0.866. The zero-order chi connectivity index (χ0) is 15.9. The molecule has 1 aromatic carbocycles. The maximum atomic E-state index is 11.9. The number of hydrogen-bond donors (Lipinski definition) is 0. The lowest BCUT2D eigenvalue weighted by Crippen LogP contribution is -2.37. The van der Waals surface area contributed by atoms with Crippen LogP contribution in [-0.4, -0.2) is 25.8 Å². The van der Waals surface area contributed by atoms with Gasteiger partial charge in [-0.25, -0.2) is 9.48 Å². The molecule has 0 radical (unpaired) electrons. The fraction of sp³-hybridized carbons (Fsp3) is 0.529. The van der Waals surface area contributed by atoms with Crippen molar-refractivity contribution in [3.05, 3.63) is 51.7 Å². The lowest BCUT2D eigenvalue weighted by molar-refractivity contribution is 0.207. The van der Waals surface area contributed by atoms with Crippen LogP contribution >= 0.6 is 0 Å². The van der Waals surface area contributed by atoms with Crippen molar-refractivity contribution in [1.29, 1.82) is 0 Å². The molecule has 0 aliphatic carbocycles. The van der Waals surface area contributed by atoms with E-state index < -0.39 is 0 Å². The second-order valence-electron chi connectivity index (χ2n) is 7.13. The molecule has 0 spiro atoms. The van der Waals surface area contributed by atoms with E-state index in [1.165, 1.54) is 15.8 Å². The van der Waals surface area contributed by atoms with Gasteiger partial charge in [-0.2, -0.15) is 5.10 Å². The summed E-state index contributed by atoms with van der Waals surface area (Å²) >= 11 is 0. The molecule has 0 unspecified atom stereocenters. The normalized spacial score (nSPS) is 15.8. The van der Waals surface area contributed by atoms with Crippen LogP contribution in [0.2, 0.25) is 0 Å². The van der Waals surface area contributed by atoms with Gasteiger partial charge in [0.05, 0.1) is 6.54 Å². The maximum Gasteiger partial charge on any atom is 0.345 e. The Morgan fingerprint density at radius 3 is 2.45 bits per heavy atom. The van der Waals surface area contributed by atoms with E-state index in [9.17, 15) is 4.79 Å². The summed E-state index contributed by atoms with van der Waals surface area (Å²) in [6.07, 6.45) is 0. The maximum absolute atomic E-state index is 11.9. The molecule has 5 heteroatoms. The highest BCUT2D eigenvalue weighted by Crippen LogP contribution is 2.23. The predicted molar refractivity (Wildman–Crippen MR) is 86.7 cm³/mol. The quantitative estimate of drug-likeness (QED) is 0.851. The van der Waals surface area contributed by atoms with Gasteiger partial charge in [-0.3, -0.25) is 9.47 Å². The first kappa shape index (κ1) is 15.0. The molecule has 0 atom stereocenters. The van der Waals surface area contributed by atoms with E-state index in [1.54, 1.807) is 11.6 Å². The van der Waals surface area contributed by atoms with Gasteiger partial charge in [0.2, 0.25) is 0 Å². The molecular weight excluding hydrogens is 276 g/mol. The summed E-state index contributed by atoms with van der Waals surface area (Å²) < 4.78 is 3.20. The first-order chi connectivity index (χ1) is 10.3. The molecule has 1 aliphatic rings. The minimum atomic E-state index is -0.0100. The minimum absolute atomic E-state index is 0.0100. The Bertz CT molecular complexity index is 719. The molecule has 0 N–H and O–H groups in total. The van der Waals surface area contributed by atoms with E-state index in [0.717, 1.165) is 32.0 Å². The molecule has 0 bridgehead atoms. The number of nitrogens with zero attached hydrogens (tertiary/aromatic N) is 4. The number of rotatable bonds is 2. The topological polar surface area (TPSA) is 43.1 Å². The Kier molecular flexibility index (Phi) is 3.68. The lowest BCUT2D eigenvalue weighted by Gasteiger charge is -2.27. The minimum Gasteiger partial charge on any atom is -0.290 e. The van der Waals surface area contributed by atoms with Crippen LogP contribution in [0.25, 0.3) is 0 Å². The van der Waals surface area contributed by atoms with Gasteiger partial charge < -0.3 is 0 Å². The highest BCUT2D eigenvalue weighted by atomic mass is 16.2. The molecule has 1 aromatic heterocycles. The Balaban J connectivity index is 1.71. The van der Waals surface area contributed by atoms with Crippen LogP contribution in [0.3, 0.4) is 0 Å². The number of aromatic nitrogens is 3. The van der Waals surface area contributed by atoms with E-state index in [2.05, 4.69) is 55.0 Å². The summed E-state index contributed by atoms with van der Waals surface area (Å²) in [5, 5.41) is 4.31. The summed E-state index contributed by atoms with van der Waals surface area (Å²) in [6, 6.07) is 8.85. The van der Waals surface area contributed by atoms with Crippen LogP contribution in [-0.2, 0) is 32.1 Å². The third-order valence-corrected chi connectivity index (χ3v) is 4.32. The van der Waals surface area contributed by atoms with Crippen LogP contribution in [0, 0.1) is 0 Å². The van der Waals surface area contributed by atoms with Crippen molar-refractivity contribution in [3.8, 4) is 0 Å². The highest BCUT2D eigenvalue weighted by Gasteiger charge is 2.21. The Hall–Kier alpha value is -1.88. The van der Waals surface area contributed by atoms with Crippen molar-refractivity contribution in [2.75, 3.05) is 6.54 Å². The van der Waals surface area contributed by atoms with E-state index in [0.29, 0.717) is 0 Å². The Morgan fingerprint density at radius 1 is 1.14 bits per heavy atom. The first-order valence-corrected chi connectivity index (χ1v) is 7.79. The monoisotopic (exact) mass is 300 g/mol. The second-order valence-corrected chi connectivity index (χ2v) is 7.13. The molecule has 22 heavy (non-hydrogen) atoms. The SMILES string of the molecule is Cn1nc2n(c1=O)CCN(Cc1ccc(C(C)(C)C)cc1)C2. The summed E-state index contributed by atoms with van der Waals surface area (Å²) in [5.41, 5.74) is 2.84. The Labute approximate surface area is 131 Å². The molecule has 1 aliphatic heterocycles. The van der Waals surface area contributed by atoms with Gasteiger partial charge in [0.15, 0.2) is 0 Å². The van der Waals surface area contributed by atoms with Crippen molar-refractivity contribution < 1.29 is 0 Å². The summed E-state index contributed by atoms with van der Waals surface area (Å²) in [6.45, 7) is 9.93. The van der Waals surface area contributed by atoms with Gasteiger partial charge in [-0.1, -0.05) is 45.0 Å². The van der Waals surface area contributed by atoms with Crippen LogP contribution in [0.1, 0.15) is 37.7 Å². The largest absolute Gasteiger partial charge is 0.345 e. The molecule has 0 amide bonds. The Morgan fingerprint density at radius 2 is 1.82 bits per heavy atom. The van der Waals surface area contributed by atoms with Gasteiger partial charge in [-0.15, -0.1) is 0 Å². The zero-order valence-corrected chi connectivity index (χ0v) is 13.8. The van der Waals surface area contributed by atoms with E-state index in [1.807, 2.05) is 0 Å². The molecule has 2 aromatic rings. The van der Waals surface area contributed by atoms with Crippen LogP contribution in [0.4, 0.5) is 0 Å². The number of fused-ring (bicyclic) bond motifs is 1. The molecular formula is C17H24N4O. The van der Waals surface area contributed by atoms with Gasteiger partial charge >= 0.3 is 5.69 Å². The molecule has 0 saturated carbocycles. The fourth-order valence-electron chi connectivity index (χ4n) is 2.92. The molecule has 2 heterocycles. The standard InChI is InChI=1S/C17H24N4O/c1-17(2,3)14-7-5-13(6-8-14)11-20-9-10-21-15(12-20)18-19(4)16(21)22/h5-8H,9-12H2,1-4H3. The molecule has 0 fully saturated rings. The van der Waals surface area contributed by atoms with Crippen molar-refractivity contribution in [2.45, 2.75) is 45.8 Å². The number of aryl methyl sites for hydroxylation is 1. The van der Waals surface area contributed by atoms with E-state index in [4.69, 9.17) is 0 Å². The molecule has 0 saturated heterocycles. The van der Waals surface area contributed by atoms with Gasteiger partial charge in [0.1, 0.15) is 5.82 Å². The van der Waals surface area contributed by atoms with Crippen LogP contribution < -0.4 is 5.69 Å². The van der Waals surface area contributed by atoms with Gasteiger partial charge in [0, 0.05) is 26.7 Å². The van der Waals surface area contributed by atoms with Crippen LogP contribution in [0.5, 0.6) is 0 Å². The highest BCUT2D eigenvalue weighted by molar-refractivity contribution is 5.27. The smallest absolute Gasteiger partial charge is 0.290 e. The van der Waals surface area contributed by atoms with Crippen molar-refractivity contribution >= 4 is 0 Å². The third kappa shape index (κ3) is 2.86. The van der Waals surface area contributed by atoms with E-state index >= 15 is 0 Å². The predicted octanol–water partition coefficient (Wildman–Crippen LogP) is 1.90. The second kappa shape index (κ2) is 5.39. The zero-order valence-electron chi connectivity index (χ0n) is 13.8. The van der Waals surface area contributed by atoms with Crippen molar-refractivity contribution in [3.63, 3.8) is 0 Å².